The van der Waals surface area contributed by atoms with E-state index in [0.717, 1.165) is 6.26 Å². The van der Waals surface area contributed by atoms with Crippen molar-refractivity contribution in [2.45, 2.75) is 19.9 Å². The van der Waals surface area contributed by atoms with Crippen LogP contribution < -0.4 is 10.5 Å². The van der Waals surface area contributed by atoms with Gasteiger partial charge in [-0.15, -0.1) is 0 Å². The molecule has 0 saturated heterocycles. The van der Waals surface area contributed by atoms with E-state index in [4.69, 9.17) is 10.5 Å². The van der Waals surface area contributed by atoms with Crippen LogP contribution in [0.15, 0.2) is 6.33 Å². The molecule has 1 aromatic heterocycles. The molecule has 0 radical (unpaired) electrons. The molecule has 0 aliphatic rings. The predicted molar refractivity (Wildman–Crippen MR) is 70.1 cm³/mol. The number of rotatable bonds is 7. The second kappa shape index (κ2) is 6.53. The normalized spacial score (nSPS) is 11.5. The highest BCUT2D eigenvalue weighted by Crippen LogP contribution is 2.11. The van der Waals surface area contributed by atoms with Crippen molar-refractivity contribution in [1.82, 2.24) is 14.3 Å². The van der Waals surface area contributed by atoms with E-state index in [0.29, 0.717) is 19.5 Å². The molecule has 0 unspecified atom stereocenters. The highest BCUT2D eigenvalue weighted by Gasteiger charge is 2.16. The summed E-state index contributed by atoms with van der Waals surface area (Å²) in [5.74, 6) is -0.342. The summed E-state index contributed by atoms with van der Waals surface area (Å²) >= 11 is 0. The fourth-order valence-corrected chi connectivity index (χ4v) is 1.95. The van der Waals surface area contributed by atoms with Gasteiger partial charge in [0.2, 0.25) is 10.0 Å². The Morgan fingerprint density at radius 2 is 2.26 bits per heavy atom. The smallest absolute Gasteiger partial charge is 0.360 e. The number of nitrogens with zero attached hydrogens (tertiary/aromatic N) is 2. The zero-order valence-electron chi connectivity index (χ0n) is 10.9. The number of esters is 1. The number of nitrogens with two attached hydrogens (primary N) is 1. The molecule has 8 nitrogen and oxygen atoms in total. The molecule has 1 rings (SSSR count). The molecular weight excluding hydrogens is 272 g/mol. The zero-order valence-corrected chi connectivity index (χ0v) is 11.7. The topological polar surface area (TPSA) is 116 Å². The van der Waals surface area contributed by atoms with Crippen LogP contribution in [0.5, 0.6) is 0 Å². The van der Waals surface area contributed by atoms with Gasteiger partial charge in [-0.2, -0.15) is 0 Å². The average molecular weight is 290 g/mol. The Balaban J connectivity index is 2.54. The molecule has 0 amide bonds. The Bertz CT molecular complexity index is 538. The van der Waals surface area contributed by atoms with Crippen LogP contribution in [0.25, 0.3) is 0 Å². The first-order valence-corrected chi connectivity index (χ1v) is 7.66. The molecule has 1 heterocycles. The van der Waals surface area contributed by atoms with E-state index in [2.05, 4.69) is 9.71 Å². The summed E-state index contributed by atoms with van der Waals surface area (Å²) in [4.78, 5) is 15.4. The summed E-state index contributed by atoms with van der Waals surface area (Å²) in [6.45, 7) is 2.71. The van der Waals surface area contributed by atoms with Crippen LogP contribution in [0.3, 0.4) is 0 Å². The number of hydrogen-bond donors (Lipinski definition) is 2. The van der Waals surface area contributed by atoms with Crippen molar-refractivity contribution in [1.29, 1.82) is 0 Å². The Hall–Kier alpha value is -1.61. The van der Waals surface area contributed by atoms with Crippen LogP contribution in [-0.2, 0) is 21.3 Å². The molecule has 19 heavy (non-hydrogen) atoms. The van der Waals surface area contributed by atoms with E-state index in [1.54, 1.807) is 11.5 Å². The van der Waals surface area contributed by atoms with Crippen LogP contribution in [0.4, 0.5) is 5.82 Å². The largest absolute Gasteiger partial charge is 0.461 e. The Morgan fingerprint density at radius 3 is 2.84 bits per heavy atom. The Morgan fingerprint density at radius 1 is 1.58 bits per heavy atom. The van der Waals surface area contributed by atoms with Gasteiger partial charge in [0.05, 0.1) is 19.2 Å². The summed E-state index contributed by atoms with van der Waals surface area (Å²) in [5.41, 5.74) is 5.84. The standard InChI is InChI=1S/C10H18N4O4S/c1-3-18-10(15)8-9(11)14(7-12-8)6-4-5-13-19(2,16)17/h7,13H,3-6,11H2,1-2H3. The number of carbonyl (C=O) groups excluding carboxylic acids is 1. The van der Waals surface area contributed by atoms with Crippen LogP contribution in [0.2, 0.25) is 0 Å². The number of imidazole rings is 1. The lowest BCUT2D eigenvalue weighted by Crippen LogP contribution is -2.24. The third-order valence-electron chi connectivity index (χ3n) is 2.29. The molecule has 0 saturated carbocycles. The van der Waals surface area contributed by atoms with E-state index in [-0.39, 0.29) is 18.1 Å². The summed E-state index contributed by atoms with van der Waals surface area (Å²) in [6, 6.07) is 0. The third kappa shape index (κ3) is 4.87. The summed E-state index contributed by atoms with van der Waals surface area (Å²) in [5, 5.41) is 0. The average Bonchev–Trinajstić information content (AvgIpc) is 2.65. The van der Waals surface area contributed by atoms with Gasteiger partial charge in [0.15, 0.2) is 5.69 Å². The van der Waals surface area contributed by atoms with E-state index in [9.17, 15) is 13.2 Å². The third-order valence-corrected chi connectivity index (χ3v) is 3.02. The molecule has 3 N–H and O–H groups in total. The first-order chi connectivity index (χ1) is 8.85. The minimum absolute atomic E-state index is 0.0814. The minimum Gasteiger partial charge on any atom is -0.461 e. The predicted octanol–water partition coefficient (Wildman–Crippen LogP) is -0.419. The number of nitrogen functional groups attached to an aromatic ring is 1. The lowest BCUT2D eigenvalue weighted by atomic mass is 10.4. The molecule has 0 aromatic carbocycles. The zero-order chi connectivity index (χ0) is 14.5. The van der Waals surface area contributed by atoms with Crippen LogP contribution >= 0.6 is 0 Å². The van der Waals surface area contributed by atoms with Gasteiger partial charge in [0, 0.05) is 13.1 Å². The maximum absolute atomic E-state index is 11.5. The quantitative estimate of drug-likeness (QED) is 0.520. The van der Waals surface area contributed by atoms with Gasteiger partial charge >= 0.3 is 5.97 Å². The summed E-state index contributed by atoms with van der Waals surface area (Å²) in [6.07, 6.45) is 3.06. The number of nitrogens with one attached hydrogen (secondary N) is 1. The molecule has 0 spiro atoms. The van der Waals surface area contributed by atoms with Crippen molar-refractivity contribution in [3.05, 3.63) is 12.0 Å². The van der Waals surface area contributed by atoms with Crippen molar-refractivity contribution in [3.8, 4) is 0 Å². The number of carbonyl (C=O) groups is 1. The van der Waals surface area contributed by atoms with Gasteiger partial charge in [0.1, 0.15) is 5.82 Å². The van der Waals surface area contributed by atoms with Crippen molar-refractivity contribution in [2.75, 3.05) is 25.1 Å². The van der Waals surface area contributed by atoms with Gasteiger partial charge in [-0.1, -0.05) is 0 Å². The van der Waals surface area contributed by atoms with Gasteiger partial charge in [-0.25, -0.2) is 22.9 Å². The maximum atomic E-state index is 11.5. The van der Waals surface area contributed by atoms with Crippen LogP contribution in [0.1, 0.15) is 23.8 Å². The number of aromatic nitrogens is 2. The van der Waals surface area contributed by atoms with E-state index in [1.165, 1.54) is 6.33 Å². The molecule has 0 fully saturated rings. The number of anilines is 1. The molecule has 108 valence electrons. The minimum atomic E-state index is -3.18. The van der Waals surface area contributed by atoms with Crippen LogP contribution in [0, 0.1) is 0 Å². The molecule has 0 aliphatic carbocycles. The molecule has 0 aliphatic heterocycles. The fraction of sp³-hybridized carbons (Fsp3) is 0.600. The second-order valence-corrected chi connectivity index (χ2v) is 5.75. The molecular formula is C10H18N4O4S. The van der Waals surface area contributed by atoms with Gasteiger partial charge in [-0.05, 0) is 13.3 Å². The Labute approximate surface area is 112 Å². The Kier molecular flexibility index (Phi) is 5.31. The SMILES string of the molecule is CCOC(=O)c1ncn(CCCNS(C)(=O)=O)c1N. The molecule has 1 aromatic rings. The van der Waals surface area contributed by atoms with E-state index < -0.39 is 16.0 Å². The van der Waals surface area contributed by atoms with Crippen LogP contribution in [-0.4, -0.2) is 43.3 Å². The first kappa shape index (κ1) is 15.4. The van der Waals surface area contributed by atoms with E-state index in [1.807, 2.05) is 0 Å². The second-order valence-electron chi connectivity index (χ2n) is 3.91. The number of hydrogen-bond acceptors (Lipinski definition) is 6. The monoisotopic (exact) mass is 290 g/mol. The highest BCUT2D eigenvalue weighted by molar-refractivity contribution is 7.88. The molecule has 0 bridgehead atoms. The van der Waals surface area contributed by atoms with E-state index >= 15 is 0 Å². The van der Waals surface area contributed by atoms with Crippen molar-refractivity contribution >= 4 is 21.8 Å². The highest BCUT2D eigenvalue weighted by atomic mass is 32.2. The van der Waals surface area contributed by atoms with Gasteiger partial charge in [0.25, 0.3) is 0 Å². The lowest BCUT2D eigenvalue weighted by molar-refractivity contribution is 0.0521. The number of ether oxygens (including phenoxy) is 1. The van der Waals surface area contributed by atoms with Crippen molar-refractivity contribution in [3.63, 3.8) is 0 Å². The van der Waals surface area contributed by atoms with Crippen molar-refractivity contribution in [2.24, 2.45) is 0 Å². The number of aryl methyl sites for hydroxylation is 1. The molecule has 9 heteroatoms. The number of sulfonamides is 1. The first-order valence-electron chi connectivity index (χ1n) is 5.77. The fourth-order valence-electron chi connectivity index (χ4n) is 1.43. The van der Waals surface area contributed by atoms with Gasteiger partial charge < -0.3 is 15.0 Å². The van der Waals surface area contributed by atoms with Crippen molar-refractivity contribution < 1.29 is 17.9 Å². The lowest BCUT2D eigenvalue weighted by Gasteiger charge is -2.06. The molecule has 0 atom stereocenters. The maximum Gasteiger partial charge on any atom is 0.360 e. The summed E-state index contributed by atoms with van der Waals surface area (Å²) < 4.78 is 30.5. The summed E-state index contributed by atoms with van der Waals surface area (Å²) in [7, 11) is -3.18. The van der Waals surface area contributed by atoms with Gasteiger partial charge in [-0.3, -0.25) is 0 Å².